The van der Waals surface area contributed by atoms with Crippen LogP contribution < -0.4 is 0 Å². The molecule has 1 aliphatic rings. The highest BCUT2D eigenvalue weighted by atomic mass is 35.5. The second-order valence-electron chi connectivity index (χ2n) is 4.45. The number of carbonyl (C=O) groups is 2. The maximum absolute atomic E-state index is 13.0. The highest BCUT2D eigenvalue weighted by molar-refractivity contribution is 7.99. The van der Waals surface area contributed by atoms with Crippen molar-refractivity contribution in [3.05, 3.63) is 34.6 Å². The Balaban J connectivity index is 2.22. The van der Waals surface area contributed by atoms with E-state index in [1.54, 1.807) is 11.8 Å². The summed E-state index contributed by atoms with van der Waals surface area (Å²) < 4.78 is 13.0. The van der Waals surface area contributed by atoms with Gasteiger partial charge in [0.05, 0.1) is 23.0 Å². The summed E-state index contributed by atoms with van der Waals surface area (Å²) in [5.41, 5.74) is 0.204. The van der Waals surface area contributed by atoms with Crippen molar-refractivity contribution in [1.82, 2.24) is 4.90 Å². The van der Waals surface area contributed by atoms with Crippen molar-refractivity contribution < 1.29 is 19.1 Å². The van der Waals surface area contributed by atoms with Crippen LogP contribution in [0.2, 0.25) is 5.02 Å². The Kier molecular flexibility index (Phi) is 4.88. The van der Waals surface area contributed by atoms with Crippen molar-refractivity contribution in [2.75, 3.05) is 18.1 Å². The summed E-state index contributed by atoms with van der Waals surface area (Å²) in [4.78, 5) is 24.8. The number of hydrogen-bond donors (Lipinski definition) is 1. The number of carboxylic acid groups (broad SMARTS) is 1. The van der Waals surface area contributed by atoms with E-state index in [1.807, 2.05) is 0 Å². The lowest BCUT2D eigenvalue weighted by Crippen LogP contribution is -2.47. The van der Waals surface area contributed by atoms with Crippen molar-refractivity contribution in [2.24, 2.45) is 0 Å². The van der Waals surface area contributed by atoms with Gasteiger partial charge in [0.1, 0.15) is 5.82 Å². The van der Waals surface area contributed by atoms with Crippen molar-refractivity contribution in [3.8, 4) is 0 Å². The summed E-state index contributed by atoms with van der Waals surface area (Å²) in [6.45, 7) is 0.467. The average Bonchev–Trinajstić information content (AvgIpc) is 2.38. The van der Waals surface area contributed by atoms with E-state index >= 15 is 0 Å². The molecule has 1 aromatic rings. The number of benzene rings is 1. The lowest BCUT2D eigenvalue weighted by atomic mass is 10.1. The lowest BCUT2D eigenvalue weighted by Gasteiger charge is -2.34. The minimum absolute atomic E-state index is 0.0438. The monoisotopic (exact) mass is 317 g/mol. The lowest BCUT2D eigenvalue weighted by molar-refractivity contribution is -0.138. The van der Waals surface area contributed by atoms with Crippen LogP contribution >= 0.6 is 23.4 Å². The first-order valence-corrected chi connectivity index (χ1v) is 7.58. The van der Waals surface area contributed by atoms with E-state index < -0.39 is 11.8 Å². The summed E-state index contributed by atoms with van der Waals surface area (Å²) in [6, 6.07) is 3.23. The smallest absolute Gasteiger partial charge is 0.305 e. The Morgan fingerprint density at radius 1 is 1.50 bits per heavy atom. The van der Waals surface area contributed by atoms with Crippen LogP contribution in [0.3, 0.4) is 0 Å². The number of rotatable bonds is 3. The van der Waals surface area contributed by atoms with E-state index in [0.29, 0.717) is 12.3 Å². The van der Waals surface area contributed by atoms with Crippen LogP contribution in [0.25, 0.3) is 0 Å². The molecular formula is C13H13ClFNO3S. The van der Waals surface area contributed by atoms with E-state index in [9.17, 15) is 14.0 Å². The maximum atomic E-state index is 13.0. The number of thioether (sulfide) groups is 1. The van der Waals surface area contributed by atoms with E-state index in [0.717, 1.165) is 11.8 Å². The van der Waals surface area contributed by atoms with Crippen molar-refractivity contribution in [3.63, 3.8) is 0 Å². The van der Waals surface area contributed by atoms with Gasteiger partial charge in [-0.1, -0.05) is 11.6 Å². The normalized spacial score (nSPS) is 18.9. The third kappa shape index (κ3) is 3.43. The number of halogens is 2. The first kappa shape index (κ1) is 15.1. The first-order valence-electron chi connectivity index (χ1n) is 6.04. The summed E-state index contributed by atoms with van der Waals surface area (Å²) in [5, 5.41) is 8.95. The number of hydrogen-bond acceptors (Lipinski definition) is 3. The topological polar surface area (TPSA) is 57.6 Å². The van der Waals surface area contributed by atoms with Crippen LogP contribution in [-0.2, 0) is 4.79 Å². The van der Waals surface area contributed by atoms with Crippen LogP contribution in [0.15, 0.2) is 18.2 Å². The number of aliphatic carboxylic acids is 1. The molecule has 0 aliphatic carbocycles. The first-order chi connectivity index (χ1) is 9.49. The van der Waals surface area contributed by atoms with E-state index in [2.05, 4.69) is 0 Å². The molecule has 0 aromatic heterocycles. The predicted molar refractivity (Wildman–Crippen MR) is 75.8 cm³/mol. The number of carbonyl (C=O) groups excluding carboxylic acids is 1. The fourth-order valence-electron chi connectivity index (χ4n) is 2.11. The van der Waals surface area contributed by atoms with Crippen molar-refractivity contribution >= 4 is 35.2 Å². The van der Waals surface area contributed by atoms with E-state index in [4.69, 9.17) is 16.7 Å². The van der Waals surface area contributed by atoms with Crippen LogP contribution in [-0.4, -0.2) is 46.0 Å². The zero-order valence-corrected chi connectivity index (χ0v) is 12.1. The number of nitrogens with zero attached hydrogens (tertiary/aromatic N) is 1. The zero-order chi connectivity index (χ0) is 14.7. The molecule has 0 radical (unpaired) electrons. The van der Waals surface area contributed by atoms with Crippen LogP contribution in [0.4, 0.5) is 4.39 Å². The molecule has 1 aromatic carbocycles. The van der Waals surface area contributed by atoms with Gasteiger partial charge < -0.3 is 10.0 Å². The van der Waals surface area contributed by atoms with Gasteiger partial charge in [0.2, 0.25) is 0 Å². The maximum Gasteiger partial charge on any atom is 0.305 e. The van der Waals surface area contributed by atoms with Gasteiger partial charge in [0.15, 0.2) is 0 Å². The van der Waals surface area contributed by atoms with Gasteiger partial charge in [0, 0.05) is 18.1 Å². The molecular weight excluding hydrogens is 305 g/mol. The third-order valence-corrected chi connectivity index (χ3v) is 4.46. The molecule has 1 N–H and O–H groups in total. The minimum atomic E-state index is -0.944. The van der Waals surface area contributed by atoms with Gasteiger partial charge in [-0.05, 0) is 18.2 Å². The third-order valence-electron chi connectivity index (χ3n) is 3.06. The summed E-state index contributed by atoms with van der Waals surface area (Å²) in [7, 11) is 0. The van der Waals surface area contributed by atoms with Crippen LogP contribution in [0, 0.1) is 5.82 Å². The Hall–Kier alpha value is -1.27. The fourth-order valence-corrected chi connectivity index (χ4v) is 3.42. The Morgan fingerprint density at radius 3 is 2.90 bits per heavy atom. The van der Waals surface area contributed by atoms with Crippen molar-refractivity contribution in [1.29, 1.82) is 0 Å². The molecule has 1 aliphatic heterocycles. The molecule has 7 heteroatoms. The highest BCUT2D eigenvalue weighted by Crippen LogP contribution is 2.25. The molecule has 1 heterocycles. The van der Waals surface area contributed by atoms with Gasteiger partial charge in [-0.3, -0.25) is 9.59 Å². The van der Waals surface area contributed by atoms with Crippen LogP contribution in [0.1, 0.15) is 16.8 Å². The molecule has 2 rings (SSSR count). The highest BCUT2D eigenvalue weighted by Gasteiger charge is 2.30. The van der Waals surface area contributed by atoms with Gasteiger partial charge >= 0.3 is 5.97 Å². The molecule has 1 fully saturated rings. The Morgan fingerprint density at radius 2 is 2.25 bits per heavy atom. The van der Waals surface area contributed by atoms with Gasteiger partial charge in [-0.15, -0.1) is 0 Å². The summed E-state index contributed by atoms with van der Waals surface area (Å²) in [6.07, 6.45) is -0.0996. The molecule has 20 heavy (non-hydrogen) atoms. The molecule has 4 nitrogen and oxygen atoms in total. The Labute approximate surface area is 124 Å². The van der Waals surface area contributed by atoms with Gasteiger partial charge in [-0.2, -0.15) is 11.8 Å². The predicted octanol–water partition coefficient (Wildman–Crippen LogP) is 2.51. The Bertz CT molecular complexity index is 540. The average molecular weight is 318 g/mol. The number of carboxylic acids is 1. The molecule has 1 amide bonds. The fraction of sp³-hybridized carbons (Fsp3) is 0.385. The van der Waals surface area contributed by atoms with Gasteiger partial charge in [0.25, 0.3) is 5.91 Å². The minimum Gasteiger partial charge on any atom is -0.481 e. The van der Waals surface area contributed by atoms with E-state index in [1.165, 1.54) is 17.0 Å². The largest absolute Gasteiger partial charge is 0.481 e. The van der Waals surface area contributed by atoms with E-state index in [-0.39, 0.29) is 29.0 Å². The SMILES string of the molecule is O=C(O)CC1CSCCN1C(=O)c1ccc(F)cc1Cl. The second-order valence-corrected chi connectivity index (χ2v) is 6.01. The molecule has 1 unspecified atom stereocenters. The summed E-state index contributed by atoms with van der Waals surface area (Å²) >= 11 is 7.51. The molecule has 1 saturated heterocycles. The quantitative estimate of drug-likeness (QED) is 0.930. The number of amides is 1. The van der Waals surface area contributed by atoms with Crippen LogP contribution in [0.5, 0.6) is 0 Å². The molecule has 0 spiro atoms. The molecule has 1 atom stereocenters. The second kappa shape index (κ2) is 6.45. The molecule has 0 bridgehead atoms. The standard InChI is InChI=1S/C13H13ClFNO3S/c14-11-5-8(15)1-2-10(11)13(19)16-3-4-20-7-9(16)6-12(17)18/h1-2,5,9H,3-4,6-7H2,(H,17,18). The zero-order valence-electron chi connectivity index (χ0n) is 10.5. The van der Waals surface area contributed by atoms with Gasteiger partial charge in [-0.25, -0.2) is 4.39 Å². The molecule has 108 valence electrons. The molecule has 0 saturated carbocycles. The summed E-state index contributed by atoms with van der Waals surface area (Å²) in [5.74, 6) is -0.470. The van der Waals surface area contributed by atoms with Crippen molar-refractivity contribution in [2.45, 2.75) is 12.5 Å².